The number of aromatic nitrogens is 4. The third-order valence-corrected chi connectivity index (χ3v) is 3.50. The third-order valence-electron chi connectivity index (χ3n) is 3.50. The molecule has 18 heavy (non-hydrogen) atoms. The first-order valence-corrected chi connectivity index (χ1v) is 6.15. The number of aromatic amines is 1. The van der Waals surface area contributed by atoms with E-state index in [1.165, 1.54) is 6.33 Å². The van der Waals surface area contributed by atoms with E-state index in [0.717, 1.165) is 37.3 Å². The van der Waals surface area contributed by atoms with Crippen LogP contribution < -0.4 is 4.90 Å². The van der Waals surface area contributed by atoms with E-state index in [1.807, 2.05) is 0 Å². The van der Waals surface area contributed by atoms with Gasteiger partial charge in [-0.25, -0.2) is 15.0 Å². The van der Waals surface area contributed by atoms with Crippen LogP contribution >= 0.6 is 0 Å². The van der Waals surface area contributed by atoms with Crippen LogP contribution in [0.15, 0.2) is 12.7 Å². The highest BCUT2D eigenvalue weighted by Crippen LogP contribution is 2.25. The van der Waals surface area contributed by atoms with Gasteiger partial charge in [-0.05, 0) is 19.8 Å². The summed E-state index contributed by atoms with van der Waals surface area (Å²) in [7, 11) is 0. The molecule has 2 aromatic rings. The lowest BCUT2D eigenvalue weighted by molar-refractivity contribution is -0.120. The predicted molar refractivity (Wildman–Crippen MR) is 67.3 cm³/mol. The van der Waals surface area contributed by atoms with Gasteiger partial charge in [-0.15, -0.1) is 0 Å². The number of hydrogen-bond donors (Lipinski definition) is 1. The zero-order chi connectivity index (χ0) is 12.5. The van der Waals surface area contributed by atoms with Crippen molar-refractivity contribution in [3.05, 3.63) is 12.7 Å². The maximum absolute atomic E-state index is 11.5. The van der Waals surface area contributed by atoms with Crippen molar-refractivity contribution in [2.24, 2.45) is 5.92 Å². The molecule has 0 amide bonds. The molecule has 1 aliphatic heterocycles. The Kier molecular flexibility index (Phi) is 2.70. The van der Waals surface area contributed by atoms with Gasteiger partial charge >= 0.3 is 0 Å². The highest BCUT2D eigenvalue weighted by Gasteiger charge is 2.25. The number of nitrogens with one attached hydrogen (secondary N) is 1. The maximum Gasteiger partial charge on any atom is 0.182 e. The Morgan fingerprint density at radius 1 is 1.44 bits per heavy atom. The molecule has 6 heteroatoms. The largest absolute Gasteiger partial charge is 0.354 e. The second kappa shape index (κ2) is 4.36. The fraction of sp³-hybridized carbons (Fsp3) is 0.500. The van der Waals surface area contributed by atoms with E-state index in [2.05, 4.69) is 24.8 Å². The van der Waals surface area contributed by atoms with Crippen LogP contribution in [0.1, 0.15) is 19.8 Å². The number of H-pyrrole nitrogens is 1. The monoisotopic (exact) mass is 245 g/mol. The van der Waals surface area contributed by atoms with E-state index in [0.29, 0.717) is 5.65 Å². The smallest absolute Gasteiger partial charge is 0.182 e. The Balaban J connectivity index is 1.94. The molecule has 0 spiro atoms. The molecule has 0 aromatic carbocycles. The van der Waals surface area contributed by atoms with Crippen LogP contribution in [0.5, 0.6) is 0 Å². The van der Waals surface area contributed by atoms with Crippen LogP contribution in [0.3, 0.4) is 0 Å². The highest BCUT2D eigenvalue weighted by atomic mass is 16.1. The first-order chi connectivity index (χ1) is 8.75. The molecule has 94 valence electrons. The quantitative estimate of drug-likeness (QED) is 0.859. The molecule has 3 rings (SSSR count). The summed E-state index contributed by atoms with van der Waals surface area (Å²) in [4.78, 5) is 29.3. The topological polar surface area (TPSA) is 74.8 Å². The van der Waals surface area contributed by atoms with Crippen molar-refractivity contribution in [3.8, 4) is 0 Å². The summed E-state index contributed by atoms with van der Waals surface area (Å²) >= 11 is 0. The van der Waals surface area contributed by atoms with Gasteiger partial charge in [0.2, 0.25) is 0 Å². The number of piperidine rings is 1. The van der Waals surface area contributed by atoms with Crippen molar-refractivity contribution in [3.63, 3.8) is 0 Å². The molecule has 1 fully saturated rings. The molecular formula is C12H15N5O. The maximum atomic E-state index is 11.5. The van der Waals surface area contributed by atoms with Crippen molar-refractivity contribution < 1.29 is 4.79 Å². The molecular weight excluding hydrogens is 230 g/mol. The van der Waals surface area contributed by atoms with Gasteiger partial charge in [0.15, 0.2) is 11.5 Å². The SMILES string of the molecule is CC(=O)C1CCCN(c2ncnc3nc[nH]c23)C1. The summed E-state index contributed by atoms with van der Waals surface area (Å²) < 4.78 is 0. The van der Waals surface area contributed by atoms with Crippen molar-refractivity contribution >= 4 is 22.8 Å². The van der Waals surface area contributed by atoms with Crippen LogP contribution in [0.25, 0.3) is 11.2 Å². The average molecular weight is 245 g/mol. The van der Waals surface area contributed by atoms with Crippen molar-refractivity contribution in [1.29, 1.82) is 0 Å². The number of nitrogens with zero attached hydrogens (tertiary/aromatic N) is 4. The minimum Gasteiger partial charge on any atom is -0.354 e. The fourth-order valence-corrected chi connectivity index (χ4v) is 2.49. The van der Waals surface area contributed by atoms with Gasteiger partial charge in [0.1, 0.15) is 17.6 Å². The number of Topliss-reactive ketones (excluding diaryl/α,β-unsaturated/α-hetero) is 1. The number of hydrogen-bond acceptors (Lipinski definition) is 5. The fourth-order valence-electron chi connectivity index (χ4n) is 2.49. The van der Waals surface area contributed by atoms with Gasteiger partial charge in [0.25, 0.3) is 0 Å². The Morgan fingerprint density at radius 3 is 3.17 bits per heavy atom. The van der Waals surface area contributed by atoms with Crippen LogP contribution in [0.4, 0.5) is 5.82 Å². The Bertz CT molecular complexity index is 579. The molecule has 6 nitrogen and oxygen atoms in total. The zero-order valence-corrected chi connectivity index (χ0v) is 10.3. The Labute approximate surface area is 104 Å². The molecule has 1 aliphatic rings. The van der Waals surface area contributed by atoms with E-state index in [-0.39, 0.29) is 11.7 Å². The van der Waals surface area contributed by atoms with Gasteiger partial charge < -0.3 is 9.88 Å². The van der Waals surface area contributed by atoms with E-state index in [9.17, 15) is 4.79 Å². The number of carbonyl (C=O) groups is 1. The lowest BCUT2D eigenvalue weighted by Crippen LogP contribution is -2.38. The van der Waals surface area contributed by atoms with E-state index < -0.39 is 0 Å². The van der Waals surface area contributed by atoms with Crippen molar-refractivity contribution in [2.45, 2.75) is 19.8 Å². The minimum absolute atomic E-state index is 0.117. The zero-order valence-electron chi connectivity index (χ0n) is 10.3. The van der Waals surface area contributed by atoms with Crippen LogP contribution in [0, 0.1) is 5.92 Å². The van der Waals surface area contributed by atoms with E-state index in [4.69, 9.17) is 0 Å². The summed E-state index contributed by atoms with van der Waals surface area (Å²) in [6.07, 6.45) is 5.14. The number of anilines is 1. The highest BCUT2D eigenvalue weighted by molar-refractivity contribution is 5.84. The summed E-state index contributed by atoms with van der Waals surface area (Å²) in [6.45, 7) is 3.33. The Hall–Kier alpha value is -1.98. The molecule has 1 unspecified atom stereocenters. The van der Waals surface area contributed by atoms with Gasteiger partial charge in [-0.2, -0.15) is 0 Å². The van der Waals surface area contributed by atoms with Crippen molar-refractivity contribution in [1.82, 2.24) is 19.9 Å². The molecule has 2 aromatic heterocycles. The van der Waals surface area contributed by atoms with Crippen LogP contribution in [0.2, 0.25) is 0 Å². The molecule has 3 heterocycles. The van der Waals surface area contributed by atoms with Crippen molar-refractivity contribution in [2.75, 3.05) is 18.0 Å². The average Bonchev–Trinajstić information content (AvgIpc) is 2.87. The number of imidazole rings is 1. The second-order valence-electron chi connectivity index (χ2n) is 4.69. The van der Waals surface area contributed by atoms with E-state index in [1.54, 1.807) is 13.3 Å². The summed E-state index contributed by atoms with van der Waals surface area (Å²) in [5.74, 6) is 1.23. The third kappa shape index (κ3) is 1.83. The summed E-state index contributed by atoms with van der Waals surface area (Å²) in [5.41, 5.74) is 1.52. The summed E-state index contributed by atoms with van der Waals surface area (Å²) in [6, 6.07) is 0. The predicted octanol–water partition coefficient (Wildman–Crippen LogP) is 1.16. The number of carbonyl (C=O) groups excluding carboxylic acids is 1. The van der Waals surface area contributed by atoms with Gasteiger partial charge in [0, 0.05) is 19.0 Å². The van der Waals surface area contributed by atoms with Crippen LogP contribution in [-0.2, 0) is 4.79 Å². The van der Waals surface area contributed by atoms with Gasteiger partial charge in [-0.1, -0.05) is 0 Å². The molecule has 0 aliphatic carbocycles. The first kappa shape index (κ1) is 11.1. The Morgan fingerprint density at radius 2 is 2.33 bits per heavy atom. The van der Waals surface area contributed by atoms with Gasteiger partial charge in [0.05, 0.1) is 6.33 Å². The number of ketones is 1. The second-order valence-corrected chi connectivity index (χ2v) is 4.69. The normalized spacial score (nSPS) is 20.3. The van der Waals surface area contributed by atoms with Gasteiger partial charge in [-0.3, -0.25) is 4.79 Å². The standard InChI is InChI=1S/C12H15N5O/c1-8(18)9-3-2-4-17(5-9)12-10-11(14-6-13-10)15-7-16-12/h6-7,9H,2-5H2,1H3,(H,13,14,15,16). The molecule has 1 saturated heterocycles. The molecule has 1 atom stereocenters. The molecule has 1 N–H and O–H groups in total. The number of rotatable bonds is 2. The van der Waals surface area contributed by atoms with Crippen LogP contribution in [-0.4, -0.2) is 38.8 Å². The molecule has 0 radical (unpaired) electrons. The lowest BCUT2D eigenvalue weighted by atomic mass is 9.94. The molecule has 0 saturated carbocycles. The first-order valence-electron chi connectivity index (χ1n) is 6.15. The molecule has 0 bridgehead atoms. The number of fused-ring (bicyclic) bond motifs is 1. The lowest BCUT2D eigenvalue weighted by Gasteiger charge is -2.32. The minimum atomic E-state index is 0.117. The summed E-state index contributed by atoms with van der Waals surface area (Å²) in [5, 5.41) is 0. The van der Waals surface area contributed by atoms with E-state index >= 15 is 0 Å².